The molecule has 0 bridgehead atoms. The Morgan fingerprint density at radius 1 is 1.08 bits per heavy atom. The molecule has 3 aromatic rings. The van der Waals surface area contributed by atoms with Crippen LogP contribution in [0.3, 0.4) is 0 Å². The maximum atomic E-state index is 13.6. The lowest BCUT2D eigenvalue weighted by molar-refractivity contribution is 0.395. The zero-order chi connectivity index (χ0) is 17.6. The van der Waals surface area contributed by atoms with E-state index in [4.69, 9.17) is 9.47 Å². The minimum atomic E-state index is -0.196. The number of rotatable bonds is 7. The van der Waals surface area contributed by atoms with E-state index >= 15 is 0 Å². The Kier molecular flexibility index (Phi) is 5.63. The number of benzene rings is 2. The van der Waals surface area contributed by atoms with Gasteiger partial charge in [-0.15, -0.1) is 11.3 Å². The zero-order valence-electron chi connectivity index (χ0n) is 14.1. The number of nitrogens with zero attached hydrogens (tertiary/aromatic N) is 1. The SMILES string of the molecule is COc1ccc(-c2cnc(CNCc3ccccc3F)s2)c(OC)c1. The molecule has 0 fully saturated rings. The van der Waals surface area contributed by atoms with E-state index in [0.29, 0.717) is 18.7 Å². The lowest BCUT2D eigenvalue weighted by atomic mass is 10.1. The van der Waals surface area contributed by atoms with E-state index in [1.165, 1.54) is 6.07 Å². The number of methoxy groups -OCH3 is 2. The Labute approximate surface area is 150 Å². The Bertz CT molecular complexity index is 851. The van der Waals surface area contributed by atoms with Gasteiger partial charge in [-0.2, -0.15) is 0 Å². The summed E-state index contributed by atoms with van der Waals surface area (Å²) >= 11 is 1.58. The van der Waals surface area contributed by atoms with E-state index in [1.54, 1.807) is 37.7 Å². The first-order chi connectivity index (χ1) is 12.2. The predicted molar refractivity (Wildman–Crippen MR) is 97.6 cm³/mol. The molecule has 1 heterocycles. The van der Waals surface area contributed by atoms with Crippen molar-refractivity contribution in [1.29, 1.82) is 0 Å². The normalized spacial score (nSPS) is 10.7. The van der Waals surface area contributed by atoms with Crippen LogP contribution in [0.25, 0.3) is 10.4 Å². The number of hydrogen-bond acceptors (Lipinski definition) is 5. The Morgan fingerprint density at radius 2 is 1.92 bits per heavy atom. The Balaban J connectivity index is 1.67. The van der Waals surface area contributed by atoms with Gasteiger partial charge in [0.1, 0.15) is 22.3 Å². The average molecular weight is 358 g/mol. The molecule has 0 radical (unpaired) electrons. The summed E-state index contributed by atoms with van der Waals surface area (Å²) in [5, 5.41) is 4.16. The van der Waals surface area contributed by atoms with Crippen molar-refractivity contribution in [3.05, 3.63) is 65.0 Å². The number of aromatic nitrogens is 1. The van der Waals surface area contributed by atoms with Gasteiger partial charge in [-0.1, -0.05) is 18.2 Å². The number of nitrogens with one attached hydrogen (secondary N) is 1. The van der Waals surface area contributed by atoms with Crippen LogP contribution in [0.1, 0.15) is 10.6 Å². The van der Waals surface area contributed by atoms with Crippen molar-refractivity contribution in [2.75, 3.05) is 14.2 Å². The number of hydrogen-bond donors (Lipinski definition) is 1. The van der Waals surface area contributed by atoms with E-state index in [2.05, 4.69) is 10.3 Å². The van der Waals surface area contributed by atoms with Gasteiger partial charge in [0, 0.05) is 36.5 Å². The van der Waals surface area contributed by atoms with Gasteiger partial charge >= 0.3 is 0 Å². The second kappa shape index (κ2) is 8.09. The van der Waals surface area contributed by atoms with Crippen molar-refractivity contribution in [3.8, 4) is 21.9 Å². The number of ether oxygens (including phenoxy) is 2. The summed E-state index contributed by atoms with van der Waals surface area (Å²) in [4.78, 5) is 5.46. The van der Waals surface area contributed by atoms with Gasteiger partial charge in [-0.25, -0.2) is 9.37 Å². The first-order valence-corrected chi connectivity index (χ1v) is 8.64. The van der Waals surface area contributed by atoms with Crippen LogP contribution in [0.15, 0.2) is 48.7 Å². The van der Waals surface area contributed by atoms with Crippen LogP contribution in [-0.4, -0.2) is 19.2 Å². The van der Waals surface area contributed by atoms with Crippen LogP contribution in [0.4, 0.5) is 4.39 Å². The van der Waals surface area contributed by atoms with Crippen molar-refractivity contribution in [2.45, 2.75) is 13.1 Å². The van der Waals surface area contributed by atoms with Crippen molar-refractivity contribution in [1.82, 2.24) is 10.3 Å². The fourth-order valence-electron chi connectivity index (χ4n) is 2.46. The lowest BCUT2D eigenvalue weighted by Gasteiger charge is -2.08. The van der Waals surface area contributed by atoms with Crippen LogP contribution in [0, 0.1) is 5.82 Å². The molecule has 25 heavy (non-hydrogen) atoms. The monoisotopic (exact) mass is 358 g/mol. The first-order valence-electron chi connectivity index (χ1n) is 7.82. The molecule has 0 saturated carbocycles. The maximum Gasteiger partial charge on any atom is 0.131 e. The van der Waals surface area contributed by atoms with Crippen LogP contribution in [0.5, 0.6) is 11.5 Å². The number of halogens is 1. The van der Waals surface area contributed by atoms with Gasteiger partial charge in [0.15, 0.2) is 0 Å². The van der Waals surface area contributed by atoms with Crippen LogP contribution in [0.2, 0.25) is 0 Å². The highest BCUT2D eigenvalue weighted by molar-refractivity contribution is 7.15. The second-order valence-electron chi connectivity index (χ2n) is 5.38. The summed E-state index contributed by atoms with van der Waals surface area (Å²) in [5.41, 5.74) is 1.62. The highest BCUT2D eigenvalue weighted by atomic mass is 32.1. The van der Waals surface area contributed by atoms with Crippen molar-refractivity contribution >= 4 is 11.3 Å². The molecule has 0 atom stereocenters. The third-order valence-corrected chi connectivity index (χ3v) is 4.81. The van der Waals surface area contributed by atoms with E-state index in [1.807, 2.05) is 30.5 Å². The quantitative estimate of drug-likeness (QED) is 0.685. The highest BCUT2D eigenvalue weighted by Gasteiger charge is 2.11. The molecule has 3 rings (SSSR count). The Hall–Kier alpha value is -2.44. The summed E-state index contributed by atoms with van der Waals surface area (Å²) < 4.78 is 24.3. The van der Waals surface area contributed by atoms with E-state index < -0.39 is 0 Å². The van der Waals surface area contributed by atoms with Gasteiger partial charge < -0.3 is 14.8 Å². The predicted octanol–water partition coefficient (Wildman–Crippen LogP) is 4.26. The standard InChI is InChI=1S/C19H19FN2O2S/c1-23-14-7-8-15(17(9-14)24-2)18-11-22-19(25-18)12-21-10-13-5-3-4-6-16(13)20/h3-9,11,21H,10,12H2,1-2H3. The molecule has 6 heteroatoms. The van der Waals surface area contributed by atoms with Crippen molar-refractivity contribution < 1.29 is 13.9 Å². The number of thiazole rings is 1. The van der Waals surface area contributed by atoms with Gasteiger partial charge in [0.05, 0.1) is 19.1 Å². The molecule has 0 unspecified atom stereocenters. The minimum Gasteiger partial charge on any atom is -0.497 e. The minimum absolute atomic E-state index is 0.196. The molecule has 0 aliphatic carbocycles. The molecule has 1 N–H and O–H groups in total. The summed E-state index contributed by atoms with van der Waals surface area (Å²) in [5.74, 6) is 1.29. The lowest BCUT2D eigenvalue weighted by Crippen LogP contribution is -2.13. The van der Waals surface area contributed by atoms with E-state index in [9.17, 15) is 4.39 Å². The molecule has 2 aromatic carbocycles. The third-order valence-electron chi connectivity index (χ3n) is 3.78. The van der Waals surface area contributed by atoms with Gasteiger partial charge in [-0.05, 0) is 18.2 Å². The molecular formula is C19H19FN2O2S. The van der Waals surface area contributed by atoms with E-state index in [-0.39, 0.29) is 5.82 Å². The topological polar surface area (TPSA) is 43.4 Å². The van der Waals surface area contributed by atoms with E-state index in [0.717, 1.165) is 26.9 Å². The Morgan fingerprint density at radius 3 is 2.68 bits per heavy atom. The van der Waals surface area contributed by atoms with Crippen LogP contribution in [-0.2, 0) is 13.1 Å². The molecule has 1 aromatic heterocycles. The first kappa shape index (κ1) is 17.4. The van der Waals surface area contributed by atoms with Gasteiger partial charge in [-0.3, -0.25) is 0 Å². The smallest absolute Gasteiger partial charge is 0.131 e. The van der Waals surface area contributed by atoms with Crippen molar-refractivity contribution in [2.24, 2.45) is 0 Å². The molecule has 0 amide bonds. The molecule has 0 aliphatic heterocycles. The molecule has 0 spiro atoms. The second-order valence-corrected chi connectivity index (χ2v) is 6.49. The largest absolute Gasteiger partial charge is 0.497 e. The van der Waals surface area contributed by atoms with Crippen molar-refractivity contribution in [3.63, 3.8) is 0 Å². The summed E-state index contributed by atoms with van der Waals surface area (Å²) in [6.45, 7) is 1.05. The molecule has 0 saturated heterocycles. The van der Waals surface area contributed by atoms with Gasteiger partial charge in [0.2, 0.25) is 0 Å². The fraction of sp³-hybridized carbons (Fsp3) is 0.211. The van der Waals surface area contributed by atoms with Crippen LogP contribution < -0.4 is 14.8 Å². The van der Waals surface area contributed by atoms with Gasteiger partial charge in [0.25, 0.3) is 0 Å². The molecular weight excluding hydrogens is 339 g/mol. The average Bonchev–Trinajstić information content (AvgIpc) is 3.11. The molecule has 0 aliphatic rings. The van der Waals surface area contributed by atoms with Crippen LogP contribution >= 0.6 is 11.3 Å². The summed E-state index contributed by atoms with van der Waals surface area (Å²) in [6.07, 6.45) is 1.83. The maximum absolute atomic E-state index is 13.6. The highest BCUT2D eigenvalue weighted by Crippen LogP contribution is 2.36. The summed E-state index contributed by atoms with van der Waals surface area (Å²) in [6, 6.07) is 12.5. The zero-order valence-corrected chi connectivity index (χ0v) is 14.9. The third kappa shape index (κ3) is 4.15. The molecule has 130 valence electrons. The summed E-state index contributed by atoms with van der Waals surface area (Å²) in [7, 11) is 3.26. The molecule has 4 nitrogen and oxygen atoms in total. The fourth-order valence-corrected chi connectivity index (χ4v) is 3.38.